The van der Waals surface area contributed by atoms with E-state index in [1.54, 1.807) is 35.2 Å². The predicted octanol–water partition coefficient (Wildman–Crippen LogP) is 4.00. The fraction of sp³-hybridized carbons (Fsp3) is 0.292. The average molecular weight is 450 g/mol. The van der Waals surface area contributed by atoms with Gasteiger partial charge >= 0.3 is 0 Å². The van der Waals surface area contributed by atoms with Crippen molar-refractivity contribution in [1.82, 2.24) is 14.9 Å². The van der Waals surface area contributed by atoms with Gasteiger partial charge in [-0.1, -0.05) is 12.1 Å². The Morgan fingerprint density at radius 1 is 1.09 bits per heavy atom. The molecule has 0 radical (unpaired) electrons. The van der Waals surface area contributed by atoms with E-state index in [1.807, 2.05) is 19.9 Å². The topological polar surface area (TPSA) is 85.8 Å². The number of hydrogen-bond donors (Lipinski definition) is 1. The van der Waals surface area contributed by atoms with Crippen LogP contribution >= 0.6 is 0 Å². The Kier molecular flexibility index (Phi) is 5.55. The van der Waals surface area contributed by atoms with Crippen LogP contribution in [0.25, 0.3) is 11.4 Å². The summed E-state index contributed by atoms with van der Waals surface area (Å²) in [5.41, 5.74) is 1.15. The molecule has 2 atom stereocenters. The lowest BCUT2D eigenvalue weighted by molar-refractivity contribution is -0.0586. The van der Waals surface area contributed by atoms with E-state index in [1.165, 1.54) is 12.3 Å². The van der Waals surface area contributed by atoms with E-state index in [2.05, 4.69) is 15.3 Å². The molecule has 1 fully saturated rings. The van der Waals surface area contributed by atoms with Crippen LogP contribution in [-0.2, 0) is 4.74 Å². The van der Waals surface area contributed by atoms with Crippen molar-refractivity contribution in [1.29, 1.82) is 0 Å². The Morgan fingerprint density at radius 2 is 1.85 bits per heavy atom. The minimum Gasteiger partial charge on any atom is -0.454 e. The van der Waals surface area contributed by atoms with Crippen molar-refractivity contribution in [2.75, 3.05) is 25.2 Å². The highest BCUT2D eigenvalue weighted by Crippen LogP contribution is 2.35. The van der Waals surface area contributed by atoms with Crippen LogP contribution in [0.4, 0.5) is 15.9 Å². The highest BCUT2D eigenvalue weighted by atomic mass is 19.1. The van der Waals surface area contributed by atoms with Crippen LogP contribution < -0.4 is 14.8 Å². The van der Waals surface area contributed by atoms with Crippen LogP contribution in [0.2, 0.25) is 0 Å². The number of fused-ring (bicyclic) bond motifs is 1. The molecule has 1 N–H and O–H groups in total. The highest BCUT2D eigenvalue weighted by Gasteiger charge is 2.29. The van der Waals surface area contributed by atoms with Crippen molar-refractivity contribution >= 4 is 17.4 Å². The summed E-state index contributed by atoms with van der Waals surface area (Å²) in [6.45, 7) is 4.91. The monoisotopic (exact) mass is 450 g/mol. The first-order valence-electron chi connectivity index (χ1n) is 10.7. The van der Waals surface area contributed by atoms with Crippen molar-refractivity contribution in [3.8, 4) is 22.9 Å². The number of hydrogen-bond acceptors (Lipinski definition) is 7. The number of amides is 1. The minimum absolute atomic E-state index is 0.0884. The molecule has 2 aromatic carbocycles. The summed E-state index contributed by atoms with van der Waals surface area (Å²) in [6, 6.07) is 11.6. The summed E-state index contributed by atoms with van der Waals surface area (Å²) < 4.78 is 30.9. The Bertz CT molecular complexity index is 1190. The molecule has 2 aliphatic heterocycles. The van der Waals surface area contributed by atoms with Crippen LogP contribution in [0.5, 0.6) is 11.5 Å². The Hall–Kier alpha value is -3.72. The first-order chi connectivity index (χ1) is 16.0. The number of morpholine rings is 1. The zero-order valence-electron chi connectivity index (χ0n) is 18.2. The third kappa shape index (κ3) is 4.31. The van der Waals surface area contributed by atoms with E-state index in [-0.39, 0.29) is 42.0 Å². The maximum absolute atomic E-state index is 14.4. The van der Waals surface area contributed by atoms with Crippen LogP contribution in [0.3, 0.4) is 0 Å². The molecule has 170 valence electrons. The molecule has 3 aromatic rings. The van der Waals surface area contributed by atoms with Crippen molar-refractivity contribution in [3.05, 3.63) is 60.0 Å². The fourth-order valence-electron chi connectivity index (χ4n) is 4.01. The molecule has 33 heavy (non-hydrogen) atoms. The zero-order valence-corrected chi connectivity index (χ0v) is 18.2. The van der Waals surface area contributed by atoms with Gasteiger partial charge in [0.25, 0.3) is 5.91 Å². The maximum atomic E-state index is 14.4. The number of anilines is 2. The highest BCUT2D eigenvalue weighted by molar-refractivity contribution is 5.99. The van der Waals surface area contributed by atoms with Crippen LogP contribution in [0, 0.1) is 5.82 Å². The van der Waals surface area contributed by atoms with Crippen LogP contribution in [-0.4, -0.2) is 52.9 Å². The Balaban J connectivity index is 1.53. The van der Waals surface area contributed by atoms with E-state index >= 15 is 0 Å². The van der Waals surface area contributed by atoms with Gasteiger partial charge in [0.15, 0.2) is 17.3 Å². The lowest BCUT2D eigenvalue weighted by Gasteiger charge is -2.35. The number of aromatic nitrogens is 2. The summed E-state index contributed by atoms with van der Waals surface area (Å²) in [5.74, 6) is 1.13. The molecule has 1 saturated heterocycles. The number of ether oxygens (including phenoxy) is 3. The van der Waals surface area contributed by atoms with Gasteiger partial charge in [-0.15, -0.1) is 0 Å². The van der Waals surface area contributed by atoms with Gasteiger partial charge in [-0.2, -0.15) is 0 Å². The number of para-hydroxylation sites is 1. The molecule has 3 heterocycles. The van der Waals surface area contributed by atoms with Crippen LogP contribution in [0.1, 0.15) is 24.2 Å². The normalized spacial score (nSPS) is 19.4. The van der Waals surface area contributed by atoms with E-state index in [0.29, 0.717) is 36.0 Å². The van der Waals surface area contributed by atoms with Crippen molar-refractivity contribution in [2.24, 2.45) is 0 Å². The summed E-state index contributed by atoms with van der Waals surface area (Å²) in [5, 5.41) is 2.98. The fourth-order valence-corrected chi connectivity index (χ4v) is 4.01. The predicted molar refractivity (Wildman–Crippen MR) is 119 cm³/mol. The van der Waals surface area contributed by atoms with E-state index in [0.717, 1.165) is 0 Å². The summed E-state index contributed by atoms with van der Waals surface area (Å²) in [7, 11) is 0. The maximum Gasteiger partial charge on any atom is 0.259 e. The molecule has 0 bridgehead atoms. The largest absolute Gasteiger partial charge is 0.454 e. The Morgan fingerprint density at radius 3 is 2.64 bits per heavy atom. The smallest absolute Gasteiger partial charge is 0.259 e. The van der Waals surface area contributed by atoms with Gasteiger partial charge in [0, 0.05) is 24.8 Å². The van der Waals surface area contributed by atoms with Crippen molar-refractivity contribution in [3.63, 3.8) is 0 Å². The summed E-state index contributed by atoms with van der Waals surface area (Å²) in [6.07, 6.45) is 1.30. The molecule has 1 amide bonds. The lowest BCUT2D eigenvalue weighted by Crippen LogP contribution is -2.48. The average Bonchev–Trinajstić information content (AvgIpc) is 3.27. The number of carbonyl (C=O) groups is 1. The lowest BCUT2D eigenvalue weighted by atomic mass is 10.1. The van der Waals surface area contributed by atoms with E-state index in [4.69, 9.17) is 14.2 Å². The van der Waals surface area contributed by atoms with Crippen LogP contribution in [0.15, 0.2) is 48.7 Å². The minimum atomic E-state index is -0.451. The number of rotatable bonds is 4. The van der Waals surface area contributed by atoms with E-state index < -0.39 is 5.82 Å². The third-order valence-electron chi connectivity index (χ3n) is 5.48. The number of nitrogens with zero attached hydrogens (tertiary/aromatic N) is 3. The number of benzene rings is 2. The zero-order chi connectivity index (χ0) is 22.9. The molecule has 5 rings (SSSR count). The molecule has 0 spiro atoms. The van der Waals surface area contributed by atoms with Crippen molar-refractivity contribution in [2.45, 2.75) is 26.1 Å². The second-order valence-corrected chi connectivity index (χ2v) is 8.10. The molecular weight excluding hydrogens is 427 g/mol. The molecule has 0 aliphatic carbocycles. The molecular formula is C24H23FN4O4. The van der Waals surface area contributed by atoms with Gasteiger partial charge in [-0.25, -0.2) is 14.4 Å². The van der Waals surface area contributed by atoms with Gasteiger partial charge in [0.2, 0.25) is 6.79 Å². The second-order valence-electron chi connectivity index (χ2n) is 8.10. The van der Waals surface area contributed by atoms with Gasteiger partial charge in [-0.3, -0.25) is 4.79 Å². The Labute approximate surface area is 190 Å². The summed E-state index contributed by atoms with van der Waals surface area (Å²) in [4.78, 5) is 24.1. The first kappa shape index (κ1) is 21.1. The first-order valence-corrected chi connectivity index (χ1v) is 10.7. The SMILES string of the molecule is CC1CN(C(=O)c2cnc(-c3ccc4c(c3)OCO4)nc2Nc2ccccc2F)CC(C)O1. The number of carbonyl (C=O) groups excluding carboxylic acids is 1. The second kappa shape index (κ2) is 8.67. The van der Waals surface area contributed by atoms with Gasteiger partial charge in [0.05, 0.1) is 17.9 Å². The van der Waals surface area contributed by atoms with Gasteiger partial charge in [-0.05, 0) is 44.2 Å². The molecule has 2 unspecified atom stereocenters. The number of halogens is 1. The number of nitrogens with one attached hydrogen (secondary N) is 1. The van der Waals surface area contributed by atoms with E-state index in [9.17, 15) is 9.18 Å². The van der Waals surface area contributed by atoms with Crippen molar-refractivity contribution < 1.29 is 23.4 Å². The van der Waals surface area contributed by atoms with Gasteiger partial charge < -0.3 is 24.4 Å². The van der Waals surface area contributed by atoms with Gasteiger partial charge in [0.1, 0.15) is 17.2 Å². The summed E-state index contributed by atoms with van der Waals surface area (Å²) >= 11 is 0. The molecule has 2 aliphatic rings. The molecule has 8 nitrogen and oxygen atoms in total. The molecule has 0 saturated carbocycles. The molecule has 1 aromatic heterocycles. The standard InChI is InChI=1S/C24H23FN4O4/c1-14-11-29(12-15(2)33-14)24(30)17-10-26-22(16-7-8-20-21(9-16)32-13-31-20)28-23(17)27-19-6-4-3-5-18(19)25/h3-10,14-15H,11-13H2,1-2H3,(H,26,27,28). The molecule has 9 heteroatoms. The quantitative estimate of drug-likeness (QED) is 0.643. The third-order valence-corrected chi connectivity index (χ3v) is 5.48.